The van der Waals surface area contributed by atoms with Gasteiger partial charge in [0.2, 0.25) is 5.91 Å². The molecule has 1 aromatic rings. The van der Waals surface area contributed by atoms with Gasteiger partial charge in [0.15, 0.2) is 0 Å². The Hall–Kier alpha value is -1.55. The first kappa shape index (κ1) is 12.5. The van der Waals surface area contributed by atoms with Crippen LogP contribution in [0.2, 0.25) is 0 Å². The SMILES string of the molecule is C[C@@H](NCc1cccc(O)c1)C(=O)N(C)C. The Morgan fingerprint density at radius 2 is 2.19 bits per heavy atom. The van der Waals surface area contributed by atoms with Crippen LogP contribution in [-0.2, 0) is 11.3 Å². The third-order valence-corrected chi connectivity index (χ3v) is 2.33. The van der Waals surface area contributed by atoms with Gasteiger partial charge in [0.1, 0.15) is 5.75 Å². The molecule has 0 heterocycles. The predicted octanol–water partition coefficient (Wildman–Crippen LogP) is 0.959. The van der Waals surface area contributed by atoms with Crippen molar-refractivity contribution in [3.8, 4) is 5.75 Å². The van der Waals surface area contributed by atoms with Crippen LogP contribution in [0.25, 0.3) is 0 Å². The number of benzene rings is 1. The van der Waals surface area contributed by atoms with E-state index in [0.717, 1.165) is 5.56 Å². The van der Waals surface area contributed by atoms with Gasteiger partial charge >= 0.3 is 0 Å². The Morgan fingerprint density at radius 1 is 1.50 bits per heavy atom. The number of aromatic hydroxyl groups is 1. The van der Waals surface area contributed by atoms with Crippen LogP contribution >= 0.6 is 0 Å². The molecule has 4 heteroatoms. The molecule has 0 bridgehead atoms. The molecule has 1 atom stereocenters. The summed E-state index contributed by atoms with van der Waals surface area (Å²) in [6, 6.07) is 6.76. The number of rotatable bonds is 4. The summed E-state index contributed by atoms with van der Waals surface area (Å²) in [5.41, 5.74) is 0.957. The number of likely N-dealkylation sites (N-methyl/N-ethyl adjacent to an activating group) is 1. The third-order valence-electron chi connectivity index (χ3n) is 2.33. The monoisotopic (exact) mass is 222 g/mol. The summed E-state index contributed by atoms with van der Waals surface area (Å²) in [6.45, 7) is 2.39. The highest BCUT2D eigenvalue weighted by Gasteiger charge is 2.13. The number of hydrogen-bond acceptors (Lipinski definition) is 3. The Balaban J connectivity index is 2.49. The second-order valence-electron chi connectivity index (χ2n) is 4.01. The highest BCUT2D eigenvalue weighted by Crippen LogP contribution is 2.10. The lowest BCUT2D eigenvalue weighted by atomic mass is 10.2. The summed E-state index contributed by atoms with van der Waals surface area (Å²) >= 11 is 0. The Kier molecular flexibility index (Phi) is 4.31. The maximum atomic E-state index is 11.5. The van der Waals surface area contributed by atoms with Gasteiger partial charge in [-0.2, -0.15) is 0 Å². The van der Waals surface area contributed by atoms with E-state index in [1.807, 2.05) is 13.0 Å². The number of nitrogens with one attached hydrogen (secondary N) is 1. The third kappa shape index (κ3) is 3.55. The van der Waals surface area contributed by atoms with Crippen LogP contribution in [0.3, 0.4) is 0 Å². The number of phenols is 1. The fourth-order valence-corrected chi connectivity index (χ4v) is 1.41. The highest BCUT2D eigenvalue weighted by molar-refractivity contribution is 5.80. The number of nitrogens with zero attached hydrogens (tertiary/aromatic N) is 1. The summed E-state index contributed by atoms with van der Waals surface area (Å²) < 4.78 is 0. The number of hydrogen-bond donors (Lipinski definition) is 2. The molecular formula is C12H18N2O2. The van der Waals surface area contributed by atoms with Crippen LogP contribution < -0.4 is 5.32 Å². The molecule has 1 amide bonds. The average molecular weight is 222 g/mol. The van der Waals surface area contributed by atoms with E-state index in [2.05, 4.69) is 5.32 Å². The van der Waals surface area contributed by atoms with Crippen LogP contribution in [0, 0.1) is 0 Å². The summed E-state index contributed by atoms with van der Waals surface area (Å²) in [7, 11) is 3.46. The summed E-state index contributed by atoms with van der Waals surface area (Å²) in [5.74, 6) is 0.283. The summed E-state index contributed by atoms with van der Waals surface area (Å²) in [6.07, 6.45) is 0. The fourth-order valence-electron chi connectivity index (χ4n) is 1.41. The lowest BCUT2D eigenvalue weighted by molar-refractivity contribution is -0.130. The van der Waals surface area contributed by atoms with Crippen molar-refractivity contribution < 1.29 is 9.90 Å². The van der Waals surface area contributed by atoms with Crippen LogP contribution in [0.15, 0.2) is 24.3 Å². The van der Waals surface area contributed by atoms with Gasteiger partial charge in [0, 0.05) is 20.6 Å². The van der Waals surface area contributed by atoms with Crippen LogP contribution in [0.1, 0.15) is 12.5 Å². The largest absolute Gasteiger partial charge is 0.508 e. The molecule has 0 aliphatic rings. The zero-order valence-corrected chi connectivity index (χ0v) is 9.90. The van der Waals surface area contributed by atoms with Crippen molar-refractivity contribution in [3.05, 3.63) is 29.8 Å². The molecule has 0 radical (unpaired) electrons. The molecular weight excluding hydrogens is 204 g/mol. The molecule has 0 saturated heterocycles. The second kappa shape index (κ2) is 5.51. The predicted molar refractivity (Wildman–Crippen MR) is 63.1 cm³/mol. The van der Waals surface area contributed by atoms with Crippen molar-refractivity contribution in [1.82, 2.24) is 10.2 Å². The molecule has 16 heavy (non-hydrogen) atoms. The number of carbonyl (C=O) groups excluding carboxylic acids is 1. The Morgan fingerprint density at radius 3 is 2.75 bits per heavy atom. The van der Waals surface area contributed by atoms with Crippen LogP contribution in [0.4, 0.5) is 0 Å². The Labute approximate surface area is 95.9 Å². The first-order valence-corrected chi connectivity index (χ1v) is 5.23. The average Bonchev–Trinajstić information content (AvgIpc) is 2.24. The molecule has 0 spiro atoms. The van der Waals surface area contributed by atoms with E-state index in [1.54, 1.807) is 37.2 Å². The maximum Gasteiger partial charge on any atom is 0.238 e. The zero-order chi connectivity index (χ0) is 12.1. The van der Waals surface area contributed by atoms with Crippen molar-refractivity contribution >= 4 is 5.91 Å². The first-order chi connectivity index (χ1) is 7.50. The molecule has 0 unspecified atom stereocenters. The molecule has 1 aromatic carbocycles. The zero-order valence-electron chi connectivity index (χ0n) is 9.90. The van der Waals surface area contributed by atoms with E-state index < -0.39 is 0 Å². The van der Waals surface area contributed by atoms with Gasteiger partial charge in [-0.1, -0.05) is 12.1 Å². The number of phenolic OH excluding ortho intramolecular Hbond substituents is 1. The fraction of sp³-hybridized carbons (Fsp3) is 0.417. The summed E-state index contributed by atoms with van der Waals surface area (Å²) in [4.78, 5) is 13.1. The lowest BCUT2D eigenvalue weighted by Crippen LogP contribution is -2.41. The van der Waals surface area contributed by atoms with Crippen molar-refractivity contribution in [1.29, 1.82) is 0 Å². The molecule has 2 N–H and O–H groups in total. The van der Waals surface area contributed by atoms with Crippen LogP contribution in [0.5, 0.6) is 5.75 Å². The maximum absolute atomic E-state index is 11.5. The van der Waals surface area contributed by atoms with E-state index >= 15 is 0 Å². The van der Waals surface area contributed by atoms with E-state index in [4.69, 9.17) is 0 Å². The van der Waals surface area contributed by atoms with Crippen molar-refractivity contribution in [3.63, 3.8) is 0 Å². The normalized spacial score (nSPS) is 12.2. The minimum absolute atomic E-state index is 0.0418. The van der Waals surface area contributed by atoms with E-state index in [-0.39, 0.29) is 17.7 Å². The molecule has 0 saturated carbocycles. The molecule has 1 rings (SSSR count). The summed E-state index contributed by atoms with van der Waals surface area (Å²) in [5, 5.41) is 12.4. The van der Waals surface area contributed by atoms with Crippen LogP contribution in [-0.4, -0.2) is 36.1 Å². The molecule has 4 nitrogen and oxygen atoms in total. The van der Waals surface area contributed by atoms with Gasteiger partial charge < -0.3 is 15.3 Å². The van der Waals surface area contributed by atoms with Gasteiger partial charge in [-0.25, -0.2) is 0 Å². The van der Waals surface area contributed by atoms with Crippen molar-refractivity contribution in [2.24, 2.45) is 0 Å². The molecule has 0 aliphatic carbocycles. The Bertz CT molecular complexity index is 364. The topological polar surface area (TPSA) is 52.6 Å². The smallest absolute Gasteiger partial charge is 0.238 e. The molecule has 0 aliphatic heterocycles. The van der Waals surface area contributed by atoms with E-state index in [0.29, 0.717) is 6.54 Å². The quantitative estimate of drug-likeness (QED) is 0.797. The minimum Gasteiger partial charge on any atom is -0.508 e. The minimum atomic E-state index is -0.225. The van der Waals surface area contributed by atoms with Gasteiger partial charge in [0.25, 0.3) is 0 Å². The lowest BCUT2D eigenvalue weighted by Gasteiger charge is -2.18. The van der Waals surface area contributed by atoms with Gasteiger partial charge in [-0.15, -0.1) is 0 Å². The van der Waals surface area contributed by atoms with Crippen molar-refractivity contribution in [2.45, 2.75) is 19.5 Å². The second-order valence-corrected chi connectivity index (χ2v) is 4.01. The van der Waals surface area contributed by atoms with E-state index in [1.165, 1.54) is 0 Å². The number of amides is 1. The first-order valence-electron chi connectivity index (χ1n) is 5.23. The number of carbonyl (C=O) groups is 1. The molecule has 88 valence electrons. The van der Waals surface area contributed by atoms with Gasteiger partial charge in [-0.3, -0.25) is 4.79 Å². The highest BCUT2D eigenvalue weighted by atomic mass is 16.3. The van der Waals surface area contributed by atoms with Gasteiger partial charge in [0.05, 0.1) is 6.04 Å². The van der Waals surface area contributed by atoms with E-state index in [9.17, 15) is 9.90 Å². The molecule has 0 fully saturated rings. The molecule has 0 aromatic heterocycles. The van der Waals surface area contributed by atoms with Gasteiger partial charge in [-0.05, 0) is 24.6 Å². The van der Waals surface area contributed by atoms with Crippen molar-refractivity contribution in [2.75, 3.05) is 14.1 Å². The standard InChI is InChI=1S/C12H18N2O2/c1-9(12(16)14(2)3)13-8-10-5-4-6-11(15)7-10/h4-7,9,13,15H,8H2,1-3H3/t9-/m1/s1.